The summed E-state index contributed by atoms with van der Waals surface area (Å²) in [5.41, 5.74) is 10.1. The highest BCUT2D eigenvalue weighted by atomic mass is 32.1. The summed E-state index contributed by atoms with van der Waals surface area (Å²) < 4.78 is 2.46. The smallest absolute Gasteiger partial charge is 0.164 e. The van der Waals surface area contributed by atoms with E-state index in [1.807, 2.05) is 35.6 Å². The summed E-state index contributed by atoms with van der Waals surface area (Å²) in [6.45, 7) is 0. The van der Waals surface area contributed by atoms with Crippen LogP contribution in [0.25, 0.3) is 87.7 Å². The SMILES string of the molecule is c1ccc(-c2ccc(-c3nc(-c4ccccc4)nc(-c4cccc5sc6c(-c7ccc(-c8ccccc8)cc7)cccc6c45)n3)cc2)cc1. The molecule has 0 bridgehead atoms. The molecule has 3 nitrogen and oxygen atoms in total. The van der Waals surface area contributed by atoms with E-state index in [9.17, 15) is 0 Å². The van der Waals surface area contributed by atoms with Crippen molar-refractivity contribution in [3.05, 3.63) is 176 Å². The Balaban J connectivity index is 1.18. The molecule has 2 aromatic heterocycles. The first kappa shape index (κ1) is 29.0. The van der Waals surface area contributed by atoms with Gasteiger partial charge < -0.3 is 0 Å². The number of nitrogens with zero attached hydrogens (tertiary/aromatic N) is 3. The van der Waals surface area contributed by atoms with E-state index in [1.165, 1.54) is 48.0 Å². The number of thiophene rings is 1. The average Bonchev–Trinajstić information content (AvgIpc) is 3.58. The molecule has 7 aromatic carbocycles. The monoisotopic (exact) mass is 643 g/mol. The molecule has 0 amide bonds. The lowest BCUT2D eigenvalue weighted by Gasteiger charge is -2.10. The van der Waals surface area contributed by atoms with Crippen molar-refractivity contribution in [1.29, 1.82) is 0 Å². The Hall–Kier alpha value is -6.23. The molecule has 0 aliphatic carbocycles. The summed E-state index contributed by atoms with van der Waals surface area (Å²) >= 11 is 1.82. The zero-order valence-corrected chi connectivity index (χ0v) is 27.3. The van der Waals surface area contributed by atoms with E-state index >= 15 is 0 Å². The summed E-state index contributed by atoms with van der Waals surface area (Å²) in [6, 6.07) is 61.5. The number of hydrogen-bond acceptors (Lipinski definition) is 4. The maximum atomic E-state index is 5.14. The lowest BCUT2D eigenvalue weighted by Crippen LogP contribution is -2.00. The molecule has 0 saturated carbocycles. The highest BCUT2D eigenvalue weighted by Gasteiger charge is 2.18. The Kier molecular flexibility index (Phi) is 7.34. The summed E-state index contributed by atoms with van der Waals surface area (Å²) in [6.07, 6.45) is 0. The maximum absolute atomic E-state index is 5.14. The number of benzene rings is 7. The normalized spacial score (nSPS) is 11.3. The fourth-order valence-corrected chi connectivity index (χ4v) is 7.78. The Morgan fingerprint density at radius 2 is 0.735 bits per heavy atom. The molecule has 9 aromatic rings. The third-order valence-corrected chi connectivity index (χ3v) is 10.2. The van der Waals surface area contributed by atoms with E-state index in [2.05, 4.69) is 152 Å². The van der Waals surface area contributed by atoms with Crippen LogP contribution in [0.1, 0.15) is 0 Å². The largest absolute Gasteiger partial charge is 0.208 e. The molecule has 0 unspecified atom stereocenters. The second-order valence-corrected chi connectivity index (χ2v) is 13.1. The van der Waals surface area contributed by atoms with Crippen LogP contribution in [0, 0.1) is 0 Å². The fraction of sp³-hybridized carbons (Fsp3) is 0. The minimum Gasteiger partial charge on any atom is -0.208 e. The molecule has 0 saturated heterocycles. The van der Waals surface area contributed by atoms with E-state index in [4.69, 9.17) is 15.0 Å². The Bertz CT molecular complexity index is 2560. The second-order valence-electron chi connectivity index (χ2n) is 12.0. The highest BCUT2D eigenvalue weighted by molar-refractivity contribution is 7.26. The van der Waals surface area contributed by atoms with Gasteiger partial charge in [-0.1, -0.05) is 170 Å². The van der Waals surface area contributed by atoms with Gasteiger partial charge in [-0.2, -0.15) is 0 Å². The standard InChI is InChI=1S/C45H29N3S/c1-4-12-30(13-5-1)32-22-26-34(27-23-32)37-18-10-19-38-41-39(20-11-21-40(41)49-42(37)38)45-47-43(35-16-8-3-9-17-35)46-44(48-45)36-28-24-33(25-29-36)31-14-6-2-7-15-31/h1-29H. The van der Waals surface area contributed by atoms with Crippen LogP contribution in [0.2, 0.25) is 0 Å². The van der Waals surface area contributed by atoms with Gasteiger partial charge in [0.15, 0.2) is 17.5 Å². The van der Waals surface area contributed by atoms with Crippen molar-refractivity contribution < 1.29 is 0 Å². The molecule has 0 aliphatic rings. The van der Waals surface area contributed by atoms with E-state index < -0.39 is 0 Å². The van der Waals surface area contributed by atoms with Gasteiger partial charge in [0.05, 0.1) is 0 Å². The molecule has 0 spiro atoms. The first-order chi connectivity index (χ1) is 24.3. The Morgan fingerprint density at radius 3 is 1.33 bits per heavy atom. The van der Waals surface area contributed by atoms with Gasteiger partial charge in [0, 0.05) is 36.9 Å². The Morgan fingerprint density at radius 1 is 0.306 bits per heavy atom. The fourth-order valence-electron chi connectivity index (χ4n) is 6.52. The minimum atomic E-state index is 0.652. The average molecular weight is 644 g/mol. The van der Waals surface area contributed by atoms with Gasteiger partial charge in [-0.25, -0.2) is 15.0 Å². The predicted molar refractivity (Wildman–Crippen MR) is 205 cm³/mol. The highest BCUT2D eigenvalue weighted by Crippen LogP contribution is 2.44. The van der Waals surface area contributed by atoms with Crippen molar-refractivity contribution in [3.8, 4) is 67.5 Å². The summed E-state index contributed by atoms with van der Waals surface area (Å²) in [5.74, 6) is 1.97. The van der Waals surface area contributed by atoms with Gasteiger partial charge in [0.25, 0.3) is 0 Å². The molecule has 49 heavy (non-hydrogen) atoms. The molecule has 4 heteroatoms. The van der Waals surface area contributed by atoms with E-state index in [0.717, 1.165) is 22.3 Å². The van der Waals surface area contributed by atoms with Gasteiger partial charge in [0.2, 0.25) is 0 Å². The van der Waals surface area contributed by atoms with Crippen molar-refractivity contribution >= 4 is 31.5 Å². The quantitative estimate of drug-likeness (QED) is 0.181. The zero-order chi connectivity index (χ0) is 32.6. The molecule has 230 valence electrons. The van der Waals surface area contributed by atoms with Crippen LogP contribution >= 0.6 is 11.3 Å². The zero-order valence-electron chi connectivity index (χ0n) is 26.5. The third-order valence-electron chi connectivity index (χ3n) is 8.98. The van der Waals surface area contributed by atoms with E-state index in [-0.39, 0.29) is 0 Å². The lowest BCUT2D eigenvalue weighted by atomic mass is 9.98. The molecular formula is C45H29N3S. The van der Waals surface area contributed by atoms with E-state index in [0.29, 0.717) is 17.5 Å². The van der Waals surface area contributed by atoms with Crippen LogP contribution < -0.4 is 0 Å². The van der Waals surface area contributed by atoms with Crippen molar-refractivity contribution in [1.82, 2.24) is 15.0 Å². The maximum Gasteiger partial charge on any atom is 0.164 e. The number of rotatable bonds is 6. The molecule has 0 radical (unpaired) electrons. The van der Waals surface area contributed by atoms with Gasteiger partial charge in [-0.05, 0) is 39.4 Å². The van der Waals surface area contributed by atoms with Crippen LogP contribution in [-0.2, 0) is 0 Å². The first-order valence-electron chi connectivity index (χ1n) is 16.4. The third kappa shape index (κ3) is 5.48. The van der Waals surface area contributed by atoms with Gasteiger partial charge in [0.1, 0.15) is 0 Å². The Labute approximate surface area is 288 Å². The molecular weight excluding hydrogens is 615 g/mol. The van der Waals surface area contributed by atoms with Gasteiger partial charge >= 0.3 is 0 Å². The van der Waals surface area contributed by atoms with Crippen LogP contribution in [0.5, 0.6) is 0 Å². The summed E-state index contributed by atoms with van der Waals surface area (Å²) in [4.78, 5) is 15.2. The lowest BCUT2D eigenvalue weighted by molar-refractivity contribution is 1.08. The minimum absolute atomic E-state index is 0.652. The number of aromatic nitrogens is 3. The van der Waals surface area contributed by atoms with Gasteiger partial charge in [-0.3, -0.25) is 0 Å². The van der Waals surface area contributed by atoms with Crippen molar-refractivity contribution in [2.45, 2.75) is 0 Å². The predicted octanol–water partition coefficient (Wildman–Crippen LogP) is 12.2. The summed E-state index contributed by atoms with van der Waals surface area (Å²) in [7, 11) is 0. The van der Waals surface area contributed by atoms with Gasteiger partial charge in [-0.15, -0.1) is 11.3 Å². The number of hydrogen-bond donors (Lipinski definition) is 0. The van der Waals surface area contributed by atoms with Crippen molar-refractivity contribution in [2.75, 3.05) is 0 Å². The topological polar surface area (TPSA) is 38.7 Å². The number of fused-ring (bicyclic) bond motifs is 3. The summed E-state index contributed by atoms with van der Waals surface area (Å²) in [5, 5.41) is 2.37. The van der Waals surface area contributed by atoms with Crippen molar-refractivity contribution in [3.63, 3.8) is 0 Å². The molecule has 0 fully saturated rings. The van der Waals surface area contributed by atoms with Crippen LogP contribution in [0.4, 0.5) is 0 Å². The van der Waals surface area contributed by atoms with E-state index in [1.54, 1.807) is 0 Å². The second kappa shape index (κ2) is 12.4. The molecule has 9 rings (SSSR count). The first-order valence-corrected chi connectivity index (χ1v) is 17.2. The van der Waals surface area contributed by atoms with Crippen LogP contribution in [0.15, 0.2) is 176 Å². The van der Waals surface area contributed by atoms with Crippen molar-refractivity contribution in [2.24, 2.45) is 0 Å². The van der Waals surface area contributed by atoms with Crippen LogP contribution in [-0.4, -0.2) is 15.0 Å². The molecule has 0 N–H and O–H groups in total. The molecule has 0 aliphatic heterocycles. The molecule has 0 atom stereocenters. The molecule has 2 heterocycles. The van der Waals surface area contributed by atoms with Crippen LogP contribution in [0.3, 0.4) is 0 Å².